The Morgan fingerprint density at radius 2 is 1.04 bits per heavy atom. The zero-order chi connectivity index (χ0) is 35.9. The van der Waals surface area contributed by atoms with Crippen LogP contribution in [0.4, 0.5) is 0 Å². The number of hydrogen-bond acceptors (Lipinski definition) is 6. The minimum absolute atomic E-state index is 0.0302. The first-order valence-electron chi connectivity index (χ1n) is 19.6. The molecule has 0 radical (unpaired) electrons. The highest BCUT2D eigenvalue weighted by Gasteiger charge is 2.16. The van der Waals surface area contributed by atoms with Crippen LogP contribution in [-0.2, 0) is 19.1 Å². The number of hydrogen-bond donors (Lipinski definition) is 2. The van der Waals surface area contributed by atoms with E-state index >= 15 is 0 Å². The maximum absolute atomic E-state index is 12.2. The zero-order valence-electron chi connectivity index (χ0n) is 31.3. The fourth-order valence-electron chi connectivity index (χ4n) is 5.13. The highest BCUT2D eigenvalue weighted by molar-refractivity contribution is 5.70. The van der Waals surface area contributed by atoms with Crippen molar-refractivity contribution in [3.05, 3.63) is 72.9 Å². The molecule has 0 aliphatic carbocycles. The quantitative estimate of drug-likeness (QED) is 0.0303. The van der Waals surface area contributed by atoms with Crippen LogP contribution >= 0.6 is 0 Å². The van der Waals surface area contributed by atoms with Crippen molar-refractivity contribution in [2.75, 3.05) is 13.2 Å². The summed E-state index contributed by atoms with van der Waals surface area (Å²) in [5.74, 6) is -0.875. The lowest BCUT2D eigenvalue weighted by molar-refractivity contribution is -0.161. The summed E-state index contributed by atoms with van der Waals surface area (Å²) in [6.07, 6.45) is 47.2. The predicted molar refractivity (Wildman–Crippen MR) is 206 cm³/mol. The molecule has 0 heterocycles. The first-order chi connectivity index (χ1) is 24.0. The van der Waals surface area contributed by atoms with E-state index in [2.05, 4.69) is 62.5 Å². The number of carbonyl (C=O) groups is 2. The number of aliphatic hydroxyl groups is 2. The van der Waals surface area contributed by atoms with Crippen molar-refractivity contribution in [3.63, 3.8) is 0 Å². The lowest BCUT2D eigenvalue weighted by Crippen LogP contribution is -2.28. The number of rotatable bonds is 34. The summed E-state index contributed by atoms with van der Waals surface area (Å²) >= 11 is 0. The van der Waals surface area contributed by atoms with Gasteiger partial charge in [0.1, 0.15) is 6.61 Å². The molecule has 0 amide bonds. The Hall–Kier alpha value is -2.70. The molecule has 280 valence electrons. The normalized spacial score (nSPS) is 13.6. The first kappa shape index (κ1) is 46.3. The smallest absolute Gasteiger partial charge is 0.306 e. The molecule has 0 bridgehead atoms. The van der Waals surface area contributed by atoms with Crippen molar-refractivity contribution < 1.29 is 29.3 Å². The number of aliphatic hydroxyl groups excluding tert-OH is 2. The fourth-order valence-corrected chi connectivity index (χ4v) is 5.13. The molecule has 0 fully saturated rings. The average molecular weight is 685 g/mol. The van der Waals surface area contributed by atoms with Gasteiger partial charge in [-0.2, -0.15) is 0 Å². The van der Waals surface area contributed by atoms with E-state index in [1.165, 1.54) is 77.0 Å². The number of unbranched alkanes of at least 4 members (excludes halogenated alkanes) is 14. The first-order valence-corrected chi connectivity index (χ1v) is 19.6. The lowest BCUT2D eigenvalue weighted by atomic mass is 10.0. The van der Waals surface area contributed by atoms with E-state index in [1.54, 1.807) is 12.2 Å². The minimum Gasteiger partial charge on any atom is -0.462 e. The molecule has 6 nitrogen and oxygen atoms in total. The SMILES string of the molecule is CC/C=C\C/C=C\C/C=C\C/C=C\C/C=C\C=C/C(O)CCC(=O)OC[C@H](CO)OC(=O)CCCCCCCCCCCCCCCCC. The molecule has 49 heavy (non-hydrogen) atoms. The van der Waals surface area contributed by atoms with Gasteiger partial charge in [-0.25, -0.2) is 0 Å². The lowest BCUT2D eigenvalue weighted by Gasteiger charge is -2.16. The second kappa shape index (κ2) is 38.1. The second-order valence-corrected chi connectivity index (χ2v) is 12.8. The van der Waals surface area contributed by atoms with Crippen LogP contribution in [0.25, 0.3) is 0 Å². The van der Waals surface area contributed by atoms with Crippen LogP contribution < -0.4 is 0 Å². The highest BCUT2D eigenvalue weighted by Crippen LogP contribution is 2.14. The van der Waals surface area contributed by atoms with Gasteiger partial charge in [-0.3, -0.25) is 9.59 Å². The van der Waals surface area contributed by atoms with Crippen molar-refractivity contribution >= 4 is 11.9 Å². The standard InChI is InChI=1S/C43H72O6/c1-3-5-7-9-11-13-15-17-19-21-22-24-26-28-30-32-34-40(45)36-37-42(46)48-39-41(38-44)49-43(47)35-33-31-29-27-25-23-20-18-16-14-12-10-8-6-4-2/h5,7,11,13,17,19,22,24,28,30,32,34,40-41,44-45H,3-4,6,8-10,12,14-16,18,20-21,23,25-27,29,31,33,35-39H2,1-2H3/b7-5-,13-11-,19-17-,24-22-,30-28-,34-32-/t40?,41-/m0/s1. The molecule has 2 N–H and O–H groups in total. The van der Waals surface area contributed by atoms with Crippen LogP contribution in [0.5, 0.6) is 0 Å². The Kier molecular flexibility index (Phi) is 36.0. The van der Waals surface area contributed by atoms with Crippen LogP contribution in [0.2, 0.25) is 0 Å². The van der Waals surface area contributed by atoms with E-state index in [-0.39, 0.29) is 25.4 Å². The summed E-state index contributed by atoms with van der Waals surface area (Å²) in [5, 5.41) is 19.7. The minimum atomic E-state index is -0.868. The number of ether oxygens (including phenoxy) is 2. The summed E-state index contributed by atoms with van der Waals surface area (Å²) in [6, 6.07) is 0. The van der Waals surface area contributed by atoms with Gasteiger partial charge in [-0.05, 0) is 44.9 Å². The molecule has 0 aromatic rings. The average Bonchev–Trinajstić information content (AvgIpc) is 3.10. The van der Waals surface area contributed by atoms with E-state index in [0.717, 1.165) is 51.4 Å². The van der Waals surface area contributed by atoms with E-state index in [0.29, 0.717) is 6.42 Å². The molecular weight excluding hydrogens is 612 g/mol. The van der Waals surface area contributed by atoms with Crippen LogP contribution in [-0.4, -0.2) is 47.6 Å². The number of carbonyl (C=O) groups excluding carboxylic acids is 2. The fraction of sp³-hybridized carbons (Fsp3) is 0.674. The Bertz CT molecular complexity index is 929. The molecule has 2 atom stereocenters. The number of allylic oxidation sites excluding steroid dienone is 11. The number of esters is 2. The Labute approximate surface area is 300 Å². The van der Waals surface area contributed by atoms with Crippen molar-refractivity contribution in [2.45, 2.75) is 174 Å². The molecule has 0 aliphatic heterocycles. The Morgan fingerprint density at radius 3 is 1.53 bits per heavy atom. The third-order valence-corrected chi connectivity index (χ3v) is 8.13. The monoisotopic (exact) mass is 685 g/mol. The van der Waals surface area contributed by atoms with E-state index in [9.17, 15) is 19.8 Å². The summed E-state index contributed by atoms with van der Waals surface area (Å²) in [4.78, 5) is 24.3. The maximum Gasteiger partial charge on any atom is 0.306 e. The van der Waals surface area contributed by atoms with Gasteiger partial charge in [-0.15, -0.1) is 0 Å². The predicted octanol–water partition coefficient (Wildman–Crippen LogP) is 11.1. The van der Waals surface area contributed by atoms with E-state index in [1.807, 2.05) is 12.2 Å². The van der Waals surface area contributed by atoms with Gasteiger partial charge in [0.25, 0.3) is 0 Å². The molecule has 0 saturated heterocycles. The molecule has 0 saturated carbocycles. The molecule has 1 unspecified atom stereocenters. The van der Waals surface area contributed by atoms with Crippen molar-refractivity contribution in [3.8, 4) is 0 Å². The third kappa shape index (κ3) is 36.4. The van der Waals surface area contributed by atoms with Gasteiger partial charge >= 0.3 is 11.9 Å². The van der Waals surface area contributed by atoms with E-state index < -0.39 is 24.8 Å². The van der Waals surface area contributed by atoms with Gasteiger partial charge in [0.2, 0.25) is 0 Å². The van der Waals surface area contributed by atoms with Gasteiger partial charge in [0, 0.05) is 12.8 Å². The largest absolute Gasteiger partial charge is 0.462 e. The molecule has 0 aromatic carbocycles. The summed E-state index contributed by atoms with van der Waals surface area (Å²) < 4.78 is 10.5. The molecule has 0 rings (SSSR count). The van der Waals surface area contributed by atoms with Crippen LogP contribution in [0.15, 0.2) is 72.9 Å². The second-order valence-electron chi connectivity index (χ2n) is 12.8. The van der Waals surface area contributed by atoms with Gasteiger partial charge < -0.3 is 19.7 Å². The van der Waals surface area contributed by atoms with Gasteiger partial charge in [-0.1, -0.05) is 177 Å². The van der Waals surface area contributed by atoms with Crippen molar-refractivity contribution in [2.24, 2.45) is 0 Å². The molecule has 0 spiro atoms. The van der Waals surface area contributed by atoms with Gasteiger partial charge in [0.15, 0.2) is 6.10 Å². The van der Waals surface area contributed by atoms with Crippen molar-refractivity contribution in [1.82, 2.24) is 0 Å². The van der Waals surface area contributed by atoms with Crippen LogP contribution in [0, 0.1) is 0 Å². The summed E-state index contributed by atoms with van der Waals surface area (Å²) in [6.45, 7) is 3.80. The molecular formula is C43H72O6. The van der Waals surface area contributed by atoms with Gasteiger partial charge in [0.05, 0.1) is 12.7 Å². The maximum atomic E-state index is 12.2. The molecule has 0 aliphatic rings. The highest BCUT2D eigenvalue weighted by atomic mass is 16.6. The zero-order valence-corrected chi connectivity index (χ0v) is 31.3. The van der Waals surface area contributed by atoms with Crippen LogP contribution in [0.3, 0.4) is 0 Å². The van der Waals surface area contributed by atoms with Crippen molar-refractivity contribution in [1.29, 1.82) is 0 Å². The Balaban J connectivity index is 3.81. The van der Waals surface area contributed by atoms with Crippen LogP contribution in [0.1, 0.15) is 162 Å². The summed E-state index contributed by atoms with van der Waals surface area (Å²) in [5.41, 5.74) is 0. The molecule has 6 heteroatoms. The third-order valence-electron chi connectivity index (χ3n) is 8.13. The topological polar surface area (TPSA) is 93.1 Å². The Morgan fingerprint density at radius 1 is 0.571 bits per heavy atom. The van der Waals surface area contributed by atoms with E-state index in [4.69, 9.17) is 9.47 Å². The molecule has 0 aromatic heterocycles. The summed E-state index contributed by atoms with van der Waals surface area (Å²) in [7, 11) is 0.